The molecule has 2 aromatic carbocycles. The number of hydrogen-bond donors (Lipinski definition) is 4. The van der Waals surface area contributed by atoms with Crippen molar-refractivity contribution >= 4 is 29.6 Å². The number of carbonyl (C=O) groups is 4. The largest absolute Gasteiger partial charge is 0.507 e. The molecule has 0 bridgehead atoms. The highest BCUT2D eigenvalue weighted by Gasteiger charge is 2.31. The van der Waals surface area contributed by atoms with Crippen LogP contribution in [0.1, 0.15) is 97.0 Å². The van der Waals surface area contributed by atoms with Crippen LogP contribution in [0.5, 0.6) is 17.2 Å². The summed E-state index contributed by atoms with van der Waals surface area (Å²) in [5, 5.41) is 28.4. The van der Waals surface area contributed by atoms with Gasteiger partial charge in [-0.05, 0) is 61.9 Å². The van der Waals surface area contributed by atoms with E-state index < -0.39 is 46.8 Å². The molecule has 52 heavy (non-hydrogen) atoms. The molecule has 0 radical (unpaired) electrons. The number of cyclic esters (lactones) is 1. The Balaban J connectivity index is 1.57. The van der Waals surface area contributed by atoms with Crippen LogP contribution in [0.4, 0.5) is 0 Å². The Hall–Kier alpha value is -5.66. The summed E-state index contributed by atoms with van der Waals surface area (Å²) in [6.07, 6.45) is 5.39. The van der Waals surface area contributed by atoms with Crippen LogP contribution in [0.15, 0.2) is 52.1 Å². The number of phenolic OH excluding ortho intramolecular Hbond substituents is 2. The molecular weight excluding hydrogens is 672 g/mol. The van der Waals surface area contributed by atoms with Gasteiger partial charge in [0.2, 0.25) is 11.8 Å². The number of phenols is 2. The van der Waals surface area contributed by atoms with Gasteiger partial charge in [0.15, 0.2) is 0 Å². The first-order chi connectivity index (χ1) is 24.8. The molecule has 2 heterocycles. The number of amides is 2. The van der Waals surface area contributed by atoms with E-state index in [1.807, 2.05) is 0 Å². The van der Waals surface area contributed by atoms with E-state index in [2.05, 4.69) is 10.6 Å². The molecule has 1 aliphatic rings. The van der Waals surface area contributed by atoms with Crippen molar-refractivity contribution in [3.63, 3.8) is 0 Å². The summed E-state index contributed by atoms with van der Waals surface area (Å²) in [7, 11) is 4.35. The van der Waals surface area contributed by atoms with E-state index in [4.69, 9.17) is 9.47 Å². The van der Waals surface area contributed by atoms with Crippen molar-refractivity contribution in [2.45, 2.75) is 76.9 Å². The Bertz CT molecular complexity index is 1940. The summed E-state index contributed by atoms with van der Waals surface area (Å²) in [6.45, 7) is 1.58. The van der Waals surface area contributed by atoms with E-state index in [1.54, 1.807) is 43.3 Å². The van der Waals surface area contributed by atoms with Crippen LogP contribution < -0.4 is 26.6 Å². The number of aromatic nitrogens is 2. The lowest BCUT2D eigenvalue weighted by atomic mass is 9.84. The SMILES string of the molecule is COc1ccc(C(CC(=O)NCCC(=O)NCc2cc(=O)n(C)c(=O)n2C)c2c(O)cc3c(c2O)C(=O)O[C@@H](C)CCCC(=O)CCCC=C3)cc1. The molecular formula is C38H46N4O10. The number of rotatable bonds is 10. The first-order valence-corrected chi connectivity index (χ1v) is 17.2. The van der Waals surface area contributed by atoms with Gasteiger partial charge in [-0.15, -0.1) is 0 Å². The number of ketones is 1. The number of ether oxygens (including phenoxy) is 2. The number of methoxy groups -OCH3 is 1. The number of esters is 1. The van der Waals surface area contributed by atoms with Crippen LogP contribution in [-0.4, -0.2) is 62.7 Å². The summed E-state index contributed by atoms with van der Waals surface area (Å²) in [5.74, 6) is -2.90. The standard InChI is InChI=1S/C38H46N4O10/c1-23-9-8-12-27(43)11-7-5-6-10-25-19-30(44)35(36(48)34(25)37(49)52-23)29(24-13-15-28(51-4)16-14-24)21-32(46)39-18-17-31(45)40-22-26-20-33(47)42(3)38(50)41(26)2/h6,10,13-16,19-20,23,29,44,48H,5,7-9,11-12,17-18,21-22H2,1-4H3,(H,39,46)(H,40,45)/t23-,29?/m0/s1. The van der Waals surface area contributed by atoms with Gasteiger partial charge in [0.1, 0.15) is 28.6 Å². The third-order valence-corrected chi connectivity index (χ3v) is 9.07. The molecule has 0 fully saturated rings. The highest BCUT2D eigenvalue weighted by Crippen LogP contribution is 2.44. The Morgan fingerprint density at radius 1 is 0.981 bits per heavy atom. The predicted octanol–water partition coefficient (Wildman–Crippen LogP) is 3.33. The van der Waals surface area contributed by atoms with Crippen LogP contribution in [0.2, 0.25) is 0 Å². The van der Waals surface area contributed by atoms with Crippen molar-refractivity contribution < 1.29 is 38.9 Å². The van der Waals surface area contributed by atoms with Crippen molar-refractivity contribution in [3.05, 3.63) is 91.3 Å². The van der Waals surface area contributed by atoms with Crippen LogP contribution in [-0.2, 0) is 39.8 Å². The molecule has 278 valence electrons. The van der Waals surface area contributed by atoms with Crippen molar-refractivity contribution in [2.75, 3.05) is 13.7 Å². The maximum Gasteiger partial charge on any atom is 0.342 e. The lowest BCUT2D eigenvalue weighted by molar-refractivity contribution is -0.123. The zero-order valence-electron chi connectivity index (χ0n) is 29.9. The Labute approximate surface area is 301 Å². The number of nitrogens with zero attached hydrogens (tertiary/aromatic N) is 2. The molecule has 1 aromatic heterocycles. The fraction of sp³-hybridized carbons (Fsp3) is 0.421. The highest BCUT2D eigenvalue weighted by atomic mass is 16.5. The van der Waals surface area contributed by atoms with Gasteiger partial charge in [-0.2, -0.15) is 0 Å². The summed E-state index contributed by atoms with van der Waals surface area (Å²) in [4.78, 5) is 75.9. The number of hydrogen-bond acceptors (Lipinski definition) is 10. The fourth-order valence-electron chi connectivity index (χ4n) is 6.04. The van der Waals surface area contributed by atoms with E-state index >= 15 is 0 Å². The average molecular weight is 719 g/mol. The van der Waals surface area contributed by atoms with Crippen LogP contribution in [0, 0.1) is 0 Å². The molecule has 0 aliphatic carbocycles. The first kappa shape index (κ1) is 39.1. The zero-order chi connectivity index (χ0) is 37.9. The average Bonchev–Trinajstić information content (AvgIpc) is 3.10. The van der Waals surface area contributed by atoms with Crippen LogP contribution in [0.25, 0.3) is 6.08 Å². The van der Waals surface area contributed by atoms with E-state index in [0.29, 0.717) is 55.5 Å². The van der Waals surface area contributed by atoms with E-state index in [1.165, 1.54) is 37.9 Å². The summed E-state index contributed by atoms with van der Waals surface area (Å²) < 4.78 is 13.2. The molecule has 3 aromatic rings. The molecule has 1 unspecified atom stereocenters. The number of benzene rings is 2. The van der Waals surface area contributed by atoms with Crippen molar-refractivity contribution in [3.8, 4) is 17.2 Å². The minimum atomic E-state index is -0.944. The molecule has 2 atom stereocenters. The Kier molecular flexibility index (Phi) is 13.6. The van der Waals surface area contributed by atoms with E-state index in [9.17, 15) is 39.0 Å². The van der Waals surface area contributed by atoms with Gasteiger partial charge in [0.05, 0.1) is 19.8 Å². The lowest BCUT2D eigenvalue weighted by Crippen LogP contribution is -2.39. The topological polar surface area (TPSA) is 195 Å². The third kappa shape index (κ3) is 9.98. The van der Waals surface area contributed by atoms with Gasteiger partial charge in [-0.1, -0.05) is 24.3 Å². The van der Waals surface area contributed by atoms with Crippen LogP contribution in [0.3, 0.4) is 0 Å². The van der Waals surface area contributed by atoms with Gasteiger partial charge in [-0.3, -0.25) is 28.3 Å². The van der Waals surface area contributed by atoms with Gasteiger partial charge in [0, 0.05) is 69.6 Å². The molecule has 14 nitrogen and oxygen atoms in total. The predicted molar refractivity (Wildman–Crippen MR) is 192 cm³/mol. The number of fused-ring (bicyclic) bond motifs is 1. The molecule has 4 N–H and O–H groups in total. The summed E-state index contributed by atoms with van der Waals surface area (Å²) in [5.41, 5.74) is -0.174. The molecule has 0 saturated heterocycles. The summed E-state index contributed by atoms with van der Waals surface area (Å²) >= 11 is 0. The lowest BCUT2D eigenvalue weighted by Gasteiger charge is -2.23. The number of nitrogens with one attached hydrogen (secondary N) is 2. The quantitative estimate of drug-likeness (QED) is 0.226. The second-order valence-corrected chi connectivity index (χ2v) is 12.8. The van der Waals surface area contributed by atoms with Crippen molar-refractivity contribution in [1.82, 2.24) is 19.8 Å². The Morgan fingerprint density at radius 3 is 2.40 bits per heavy atom. The minimum absolute atomic E-state index is 0.0545. The summed E-state index contributed by atoms with van der Waals surface area (Å²) in [6, 6.07) is 9.30. The van der Waals surface area contributed by atoms with E-state index in [-0.39, 0.29) is 54.2 Å². The molecule has 4 rings (SSSR count). The van der Waals surface area contributed by atoms with Crippen molar-refractivity contribution in [2.24, 2.45) is 14.1 Å². The van der Waals surface area contributed by atoms with Crippen LogP contribution >= 0.6 is 0 Å². The second-order valence-electron chi connectivity index (χ2n) is 12.8. The number of aromatic hydroxyl groups is 2. The number of Topliss-reactive ketones (excluding diaryl/α,β-unsaturated/α-hetero) is 1. The molecule has 0 saturated carbocycles. The number of carbonyl (C=O) groups excluding carboxylic acids is 4. The van der Waals surface area contributed by atoms with Gasteiger partial charge in [0.25, 0.3) is 5.56 Å². The van der Waals surface area contributed by atoms with Gasteiger partial charge in [-0.25, -0.2) is 9.59 Å². The smallest absolute Gasteiger partial charge is 0.342 e. The van der Waals surface area contributed by atoms with E-state index in [0.717, 1.165) is 4.57 Å². The highest BCUT2D eigenvalue weighted by molar-refractivity contribution is 5.98. The monoisotopic (exact) mass is 718 g/mol. The maximum atomic E-state index is 13.6. The normalized spacial score (nSPS) is 15.9. The third-order valence-electron chi connectivity index (χ3n) is 9.07. The fourth-order valence-corrected chi connectivity index (χ4v) is 6.04. The minimum Gasteiger partial charge on any atom is -0.507 e. The first-order valence-electron chi connectivity index (χ1n) is 17.2. The second kappa shape index (κ2) is 18.0. The molecule has 2 amide bonds. The van der Waals surface area contributed by atoms with Gasteiger partial charge < -0.3 is 30.3 Å². The molecule has 14 heteroatoms. The van der Waals surface area contributed by atoms with Gasteiger partial charge >= 0.3 is 11.7 Å². The Morgan fingerprint density at radius 2 is 1.69 bits per heavy atom. The molecule has 0 spiro atoms. The molecule has 1 aliphatic heterocycles. The zero-order valence-corrected chi connectivity index (χ0v) is 29.9. The van der Waals surface area contributed by atoms with Crippen molar-refractivity contribution in [1.29, 1.82) is 0 Å². The maximum absolute atomic E-state index is 13.6. The number of allylic oxidation sites excluding steroid dienone is 1.